The quantitative estimate of drug-likeness (QED) is 0.828. The molecule has 1 heterocycles. The fraction of sp³-hybridized carbons (Fsp3) is 0.231. The van der Waals surface area contributed by atoms with E-state index in [-0.39, 0.29) is 6.42 Å². The molecule has 88 valence electrons. The Balaban J connectivity index is 2.13. The summed E-state index contributed by atoms with van der Waals surface area (Å²) in [5.41, 5.74) is 2.71. The maximum Gasteiger partial charge on any atom is 0.307 e. The molecular weight excluding hydrogens is 218 g/mol. The van der Waals surface area contributed by atoms with Crippen LogP contribution >= 0.6 is 0 Å². The van der Waals surface area contributed by atoms with Crippen LogP contribution in [0.15, 0.2) is 35.3 Å². The molecule has 1 aliphatic heterocycles. The lowest BCUT2D eigenvalue weighted by atomic mass is 10.0. The van der Waals surface area contributed by atoms with Crippen molar-refractivity contribution in [3.8, 4) is 0 Å². The van der Waals surface area contributed by atoms with E-state index in [1.165, 1.54) is 0 Å². The van der Waals surface area contributed by atoms with Crippen LogP contribution in [0.4, 0.5) is 0 Å². The number of carboxylic acids is 1. The highest BCUT2D eigenvalue weighted by Gasteiger charge is 2.08. The molecule has 1 atom stereocenters. The van der Waals surface area contributed by atoms with Crippen molar-refractivity contribution in [1.82, 2.24) is 0 Å². The zero-order chi connectivity index (χ0) is 12.3. The number of allylic oxidation sites excluding steroid dienone is 1. The number of benzene rings is 1. The molecule has 17 heavy (non-hydrogen) atoms. The fourth-order valence-corrected chi connectivity index (χ4v) is 1.69. The maximum absolute atomic E-state index is 10.5. The number of aliphatic imine (C=N–C) groups is 1. The molecule has 0 saturated carbocycles. The first-order valence-corrected chi connectivity index (χ1v) is 5.37. The summed E-state index contributed by atoms with van der Waals surface area (Å²) >= 11 is 0. The fourth-order valence-electron chi connectivity index (χ4n) is 1.69. The van der Waals surface area contributed by atoms with Gasteiger partial charge >= 0.3 is 5.97 Å². The van der Waals surface area contributed by atoms with Crippen molar-refractivity contribution in [2.24, 2.45) is 4.99 Å². The molecule has 1 aliphatic rings. The van der Waals surface area contributed by atoms with Crippen LogP contribution in [-0.4, -0.2) is 28.6 Å². The number of hydrogen-bond acceptors (Lipinski definition) is 3. The molecule has 4 heteroatoms. The first kappa shape index (κ1) is 11.5. The number of aliphatic carboxylic acids is 1. The van der Waals surface area contributed by atoms with Crippen molar-refractivity contribution in [1.29, 1.82) is 0 Å². The summed E-state index contributed by atoms with van der Waals surface area (Å²) in [6, 6.07) is 7.33. The minimum absolute atomic E-state index is 0.0339. The zero-order valence-electron chi connectivity index (χ0n) is 9.21. The van der Waals surface area contributed by atoms with E-state index in [1.807, 2.05) is 18.2 Å². The predicted octanol–water partition coefficient (Wildman–Crippen LogP) is 1.49. The van der Waals surface area contributed by atoms with E-state index in [9.17, 15) is 9.90 Å². The number of aliphatic hydroxyl groups is 1. The molecule has 0 amide bonds. The van der Waals surface area contributed by atoms with Crippen LogP contribution in [0.5, 0.6) is 0 Å². The van der Waals surface area contributed by atoms with Crippen LogP contribution in [0.25, 0.3) is 5.57 Å². The highest BCUT2D eigenvalue weighted by Crippen LogP contribution is 2.18. The molecule has 0 spiro atoms. The summed E-state index contributed by atoms with van der Waals surface area (Å²) in [6.07, 6.45) is 3.48. The monoisotopic (exact) mass is 231 g/mol. The molecule has 1 unspecified atom stereocenters. The molecule has 4 nitrogen and oxygen atoms in total. The Morgan fingerprint density at radius 3 is 2.59 bits per heavy atom. The molecule has 1 aromatic rings. The smallest absolute Gasteiger partial charge is 0.307 e. The van der Waals surface area contributed by atoms with Crippen LogP contribution in [0.3, 0.4) is 0 Å². The van der Waals surface area contributed by atoms with Gasteiger partial charge in [0.2, 0.25) is 0 Å². The van der Waals surface area contributed by atoms with Crippen molar-refractivity contribution in [3.63, 3.8) is 0 Å². The zero-order valence-corrected chi connectivity index (χ0v) is 9.21. The van der Waals surface area contributed by atoms with Crippen LogP contribution in [0.1, 0.15) is 17.5 Å². The first-order valence-electron chi connectivity index (χ1n) is 5.37. The molecule has 2 rings (SSSR count). The van der Waals surface area contributed by atoms with Crippen LogP contribution in [-0.2, 0) is 11.2 Å². The third kappa shape index (κ3) is 3.01. The highest BCUT2D eigenvalue weighted by atomic mass is 16.4. The van der Waals surface area contributed by atoms with Gasteiger partial charge < -0.3 is 10.2 Å². The summed E-state index contributed by atoms with van der Waals surface area (Å²) in [5.74, 6) is -0.834. The third-order valence-corrected chi connectivity index (χ3v) is 2.58. The number of rotatable bonds is 3. The lowest BCUT2D eigenvalue weighted by Crippen LogP contribution is -2.06. The van der Waals surface area contributed by atoms with Gasteiger partial charge in [0.1, 0.15) is 6.23 Å². The Morgan fingerprint density at radius 1 is 1.35 bits per heavy atom. The maximum atomic E-state index is 10.5. The molecule has 0 fully saturated rings. The van der Waals surface area contributed by atoms with Gasteiger partial charge in [-0.25, -0.2) is 0 Å². The Labute approximate surface area is 98.9 Å². The van der Waals surface area contributed by atoms with E-state index < -0.39 is 12.2 Å². The summed E-state index contributed by atoms with van der Waals surface area (Å²) in [7, 11) is 0. The summed E-state index contributed by atoms with van der Waals surface area (Å²) < 4.78 is 0. The predicted molar refractivity (Wildman–Crippen MR) is 64.9 cm³/mol. The normalized spacial score (nSPS) is 18.9. The van der Waals surface area contributed by atoms with Crippen molar-refractivity contribution in [3.05, 3.63) is 41.5 Å². The van der Waals surface area contributed by atoms with Gasteiger partial charge in [-0.1, -0.05) is 30.3 Å². The number of carbonyl (C=O) groups is 1. The number of dihydropyridines is 1. The van der Waals surface area contributed by atoms with Gasteiger partial charge in [0.25, 0.3) is 0 Å². The molecule has 2 N–H and O–H groups in total. The van der Waals surface area contributed by atoms with Crippen molar-refractivity contribution in [2.75, 3.05) is 0 Å². The van der Waals surface area contributed by atoms with E-state index in [2.05, 4.69) is 4.99 Å². The molecular formula is C13H13NO3. The summed E-state index contributed by atoms with van der Waals surface area (Å²) in [4.78, 5) is 14.5. The van der Waals surface area contributed by atoms with Gasteiger partial charge in [0.15, 0.2) is 0 Å². The van der Waals surface area contributed by atoms with Crippen LogP contribution in [0.2, 0.25) is 0 Å². The minimum atomic E-state index is -0.834. The summed E-state index contributed by atoms with van der Waals surface area (Å²) in [5, 5.41) is 17.9. The van der Waals surface area contributed by atoms with Gasteiger partial charge in [-0.2, -0.15) is 0 Å². The van der Waals surface area contributed by atoms with E-state index >= 15 is 0 Å². The number of nitrogens with zero attached hydrogens (tertiary/aromatic N) is 1. The van der Waals surface area contributed by atoms with Crippen molar-refractivity contribution >= 4 is 17.8 Å². The Kier molecular flexibility index (Phi) is 3.35. The largest absolute Gasteiger partial charge is 0.481 e. The van der Waals surface area contributed by atoms with E-state index in [1.54, 1.807) is 18.3 Å². The number of carboxylic acid groups (broad SMARTS) is 1. The first-order chi connectivity index (χ1) is 8.15. The van der Waals surface area contributed by atoms with Crippen LogP contribution in [0, 0.1) is 0 Å². The lowest BCUT2D eigenvalue weighted by Gasteiger charge is -2.11. The number of aliphatic hydroxyl groups excluding tert-OH is 1. The van der Waals surface area contributed by atoms with E-state index in [0.29, 0.717) is 6.42 Å². The number of hydrogen-bond donors (Lipinski definition) is 2. The second-order valence-electron chi connectivity index (χ2n) is 3.92. The van der Waals surface area contributed by atoms with Crippen molar-refractivity contribution in [2.45, 2.75) is 19.1 Å². The second-order valence-corrected chi connectivity index (χ2v) is 3.92. The average Bonchev–Trinajstić information content (AvgIpc) is 2.30. The van der Waals surface area contributed by atoms with E-state index in [4.69, 9.17) is 5.11 Å². The minimum Gasteiger partial charge on any atom is -0.481 e. The molecule has 0 bridgehead atoms. The standard InChI is InChI=1S/C13H13NO3/c15-12-6-5-11(8-14-12)10-3-1-9(2-4-10)7-13(16)17/h1-5,8,12,15H,6-7H2,(H,16,17). The second kappa shape index (κ2) is 4.93. The van der Waals surface area contributed by atoms with Crippen LogP contribution < -0.4 is 0 Å². The topological polar surface area (TPSA) is 69.9 Å². The van der Waals surface area contributed by atoms with E-state index in [0.717, 1.165) is 16.7 Å². The highest BCUT2D eigenvalue weighted by molar-refractivity contribution is 6.10. The SMILES string of the molecule is O=C(O)Cc1ccc(C2=CCC(O)N=C2)cc1. The Morgan fingerprint density at radius 2 is 2.06 bits per heavy atom. The van der Waals surface area contributed by atoms with Crippen molar-refractivity contribution < 1.29 is 15.0 Å². The van der Waals surface area contributed by atoms with Gasteiger partial charge in [0, 0.05) is 12.6 Å². The Hall–Kier alpha value is -1.94. The average molecular weight is 231 g/mol. The Bertz CT molecular complexity index is 474. The molecule has 0 radical (unpaired) electrons. The van der Waals surface area contributed by atoms with Gasteiger partial charge in [0.05, 0.1) is 6.42 Å². The van der Waals surface area contributed by atoms with Gasteiger partial charge in [-0.15, -0.1) is 0 Å². The van der Waals surface area contributed by atoms with Gasteiger partial charge in [-0.05, 0) is 16.7 Å². The lowest BCUT2D eigenvalue weighted by molar-refractivity contribution is -0.136. The molecule has 0 aliphatic carbocycles. The molecule has 0 saturated heterocycles. The molecule has 1 aromatic carbocycles. The summed E-state index contributed by atoms with van der Waals surface area (Å²) in [6.45, 7) is 0. The van der Waals surface area contributed by atoms with Gasteiger partial charge in [-0.3, -0.25) is 9.79 Å². The third-order valence-electron chi connectivity index (χ3n) is 2.58. The molecule has 0 aromatic heterocycles.